The molecule has 0 atom stereocenters. The van der Waals surface area contributed by atoms with Crippen molar-refractivity contribution in [1.82, 2.24) is 19.4 Å². The van der Waals surface area contributed by atoms with Gasteiger partial charge in [-0.2, -0.15) is 0 Å². The second-order valence-electron chi connectivity index (χ2n) is 8.11. The molecule has 0 saturated heterocycles. The van der Waals surface area contributed by atoms with Gasteiger partial charge in [-0.3, -0.25) is 14.4 Å². The molecule has 0 aliphatic heterocycles. The summed E-state index contributed by atoms with van der Waals surface area (Å²) in [6, 6.07) is 9.00. The molecule has 0 bridgehead atoms. The maximum absolute atomic E-state index is 12.8. The number of aryl methyl sites for hydroxylation is 4. The Morgan fingerprint density at radius 1 is 1.03 bits per heavy atom. The van der Waals surface area contributed by atoms with Crippen molar-refractivity contribution in [2.45, 2.75) is 20.8 Å². The molecular formula is C25H26N4O4. The van der Waals surface area contributed by atoms with Crippen molar-refractivity contribution in [3.8, 4) is 22.6 Å². The molecule has 1 amide bonds. The minimum absolute atomic E-state index is 0.222. The van der Waals surface area contributed by atoms with E-state index < -0.39 is 0 Å². The summed E-state index contributed by atoms with van der Waals surface area (Å²) in [4.78, 5) is 40.8. The number of ether oxygens (including phenoxy) is 1. The number of carbonyl (C=O) groups is 1. The van der Waals surface area contributed by atoms with Gasteiger partial charge in [-0.25, -0.2) is 0 Å². The van der Waals surface area contributed by atoms with Crippen molar-refractivity contribution in [1.29, 1.82) is 0 Å². The van der Waals surface area contributed by atoms with Crippen LogP contribution in [0, 0.1) is 13.8 Å². The minimum atomic E-state index is -0.308. The van der Waals surface area contributed by atoms with Crippen molar-refractivity contribution in [3.63, 3.8) is 0 Å². The molecule has 4 rings (SSSR count). The molecule has 8 heteroatoms. The fraction of sp³-hybridized carbons (Fsp3) is 0.240. The molecule has 170 valence electrons. The fourth-order valence-corrected chi connectivity index (χ4v) is 3.89. The van der Waals surface area contributed by atoms with E-state index in [2.05, 4.69) is 10.3 Å². The number of aromatic amines is 1. The largest absolute Gasteiger partial charge is 0.455 e. The van der Waals surface area contributed by atoms with Crippen LogP contribution in [0.4, 0.5) is 0 Å². The molecule has 8 nitrogen and oxygen atoms in total. The van der Waals surface area contributed by atoms with Crippen LogP contribution in [0.25, 0.3) is 22.0 Å². The molecular weight excluding hydrogens is 420 g/mol. The fourth-order valence-electron chi connectivity index (χ4n) is 3.89. The summed E-state index contributed by atoms with van der Waals surface area (Å²) >= 11 is 0. The molecule has 3 aromatic heterocycles. The number of nitrogens with zero attached hydrogens (tertiary/aromatic N) is 2. The van der Waals surface area contributed by atoms with Gasteiger partial charge in [0, 0.05) is 49.4 Å². The van der Waals surface area contributed by atoms with Crippen molar-refractivity contribution >= 4 is 16.8 Å². The molecule has 3 heterocycles. The summed E-state index contributed by atoms with van der Waals surface area (Å²) in [6.07, 6.45) is 3.30. The highest BCUT2D eigenvalue weighted by atomic mass is 16.5. The van der Waals surface area contributed by atoms with E-state index in [1.54, 1.807) is 32.6 Å². The lowest BCUT2D eigenvalue weighted by molar-refractivity contribution is 0.0951. The van der Waals surface area contributed by atoms with Gasteiger partial charge >= 0.3 is 0 Å². The first-order valence-electron chi connectivity index (χ1n) is 10.7. The van der Waals surface area contributed by atoms with Gasteiger partial charge in [0.1, 0.15) is 17.0 Å². The molecule has 0 unspecified atom stereocenters. The molecule has 4 aromatic rings. The summed E-state index contributed by atoms with van der Waals surface area (Å²) in [5, 5.41) is 3.27. The van der Waals surface area contributed by atoms with Crippen molar-refractivity contribution in [2.75, 3.05) is 6.54 Å². The standard InChI is InChI=1S/C25H26N4O4/c1-6-26-24(31)19-10-17-18(12-29(5)25(32)22(17)27-19)16-11-21(30)28(4)13-20(16)33-23-14(2)8-7-9-15(23)3/h7-13,27H,6H2,1-5H3,(H,26,31). The highest BCUT2D eigenvalue weighted by Crippen LogP contribution is 2.37. The first-order valence-corrected chi connectivity index (χ1v) is 10.7. The number of nitrogens with one attached hydrogen (secondary N) is 2. The predicted molar refractivity (Wildman–Crippen MR) is 128 cm³/mol. The topological polar surface area (TPSA) is 98.1 Å². The zero-order valence-corrected chi connectivity index (χ0v) is 19.3. The molecule has 2 N–H and O–H groups in total. The van der Waals surface area contributed by atoms with E-state index in [1.807, 2.05) is 39.0 Å². The highest BCUT2D eigenvalue weighted by molar-refractivity contribution is 6.03. The number of hydrogen-bond donors (Lipinski definition) is 2. The Morgan fingerprint density at radius 3 is 2.39 bits per heavy atom. The molecule has 0 aliphatic carbocycles. The second-order valence-corrected chi connectivity index (χ2v) is 8.11. The quantitative estimate of drug-likeness (QED) is 0.491. The van der Waals surface area contributed by atoms with Crippen LogP contribution in [0.2, 0.25) is 0 Å². The van der Waals surface area contributed by atoms with Crippen LogP contribution >= 0.6 is 0 Å². The molecule has 0 saturated carbocycles. The monoisotopic (exact) mass is 446 g/mol. The van der Waals surface area contributed by atoms with Crippen LogP contribution < -0.4 is 21.2 Å². The molecule has 0 aliphatic rings. The Kier molecular flexibility index (Phi) is 5.68. The van der Waals surface area contributed by atoms with Crippen LogP contribution in [-0.4, -0.2) is 26.6 Å². The first kappa shape index (κ1) is 22.1. The lowest BCUT2D eigenvalue weighted by Gasteiger charge is -2.17. The van der Waals surface area contributed by atoms with E-state index in [4.69, 9.17) is 4.74 Å². The van der Waals surface area contributed by atoms with Gasteiger partial charge in [0.25, 0.3) is 17.0 Å². The third kappa shape index (κ3) is 3.95. The van der Waals surface area contributed by atoms with Crippen molar-refractivity contribution in [3.05, 3.63) is 80.3 Å². The highest BCUT2D eigenvalue weighted by Gasteiger charge is 2.20. The van der Waals surface area contributed by atoms with Gasteiger partial charge in [0.2, 0.25) is 0 Å². The zero-order valence-electron chi connectivity index (χ0n) is 19.3. The van der Waals surface area contributed by atoms with Crippen LogP contribution in [0.5, 0.6) is 11.5 Å². The third-order valence-corrected chi connectivity index (χ3v) is 5.65. The molecule has 33 heavy (non-hydrogen) atoms. The Labute approximate surface area is 190 Å². The summed E-state index contributed by atoms with van der Waals surface area (Å²) in [5.41, 5.74) is 3.12. The van der Waals surface area contributed by atoms with Crippen LogP contribution in [0.15, 0.2) is 52.3 Å². The average Bonchev–Trinajstić information content (AvgIpc) is 3.22. The summed E-state index contributed by atoms with van der Waals surface area (Å²) < 4.78 is 9.21. The van der Waals surface area contributed by atoms with Gasteiger partial charge < -0.3 is 24.2 Å². The second kappa shape index (κ2) is 8.46. The van der Waals surface area contributed by atoms with Crippen LogP contribution in [-0.2, 0) is 14.1 Å². The van der Waals surface area contributed by atoms with Gasteiger partial charge in [-0.1, -0.05) is 18.2 Å². The predicted octanol–water partition coefficient (Wildman–Crippen LogP) is 3.39. The van der Waals surface area contributed by atoms with E-state index in [1.165, 1.54) is 15.2 Å². The number of rotatable bonds is 5. The smallest absolute Gasteiger partial charge is 0.274 e. The number of amides is 1. The number of benzene rings is 1. The number of H-pyrrole nitrogens is 1. The van der Waals surface area contributed by atoms with Crippen LogP contribution in [0.1, 0.15) is 28.5 Å². The van der Waals surface area contributed by atoms with E-state index in [0.717, 1.165) is 11.1 Å². The normalized spacial score (nSPS) is 11.1. The zero-order chi connectivity index (χ0) is 23.9. The van der Waals surface area contributed by atoms with Crippen molar-refractivity contribution < 1.29 is 9.53 Å². The van der Waals surface area contributed by atoms with Crippen LogP contribution in [0.3, 0.4) is 0 Å². The molecule has 1 aromatic carbocycles. The Balaban J connectivity index is 1.99. The number of aromatic nitrogens is 3. The van der Waals surface area contributed by atoms with Crippen molar-refractivity contribution in [2.24, 2.45) is 14.1 Å². The lowest BCUT2D eigenvalue weighted by Crippen LogP contribution is -2.23. The molecule has 0 radical (unpaired) electrons. The number of carbonyl (C=O) groups excluding carboxylic acids is 1. The SMILES string of the molecule is CCNC(=O)c1cc2c(-c3cc(=O)n(C)cc3Oc3c(C)cccc3C)cn(C)c(=O)c2[nH]1. The Morgan fingerprint density at radius 2 is 1.73 bits per heavy atom. The van der Waals surface area contributed by atoms with Gasteiger partial charge in [0.15, 0.2) is 5.75 Å². The maximum atomic E-state index is 12.8. The first-order chi connectivity index (χ1) is 15.7. The number of hydrogen-bond acceptors (Lipinski definition) is 4. The minimum Gasteiger partial charge on any atom is -0.455 e. The van der Waals surface area contributed by atoms with Gasteiger partial charge in [0.05, 0.1) is 6.20 Å². The summed E-state index contributed by atoms with van der Waals surface area (Å²) in [7, 11) is 3.29. The van der Waals surface area contributed by atoms with E-state index in [9.17, 15) is 14.4 Å². The molecule has 0 fully saturated rings. The summed E-state index contributed by atoms with van der Waals surface area (Å²) in [6.45, 7) is 6.20. The van der Waals surface area contributed by atoms with Gasteiger partial charge in [-0.15, -0.1) is 0 Å². The maximum Gasteiger partial charge on any atom is 0.274 e. The number of fused-ring (bicyclic) bond motifs is 1. The number of para-hydroxylation sites is 1. The average molecular weight is 447 g/mol. The van der Waals surface area contributed by atoms with Gasteiger partial charge in [-0.05, 0) is 38.0 Å². The number of pyridine rings is 2. The van der Waals surface area contributed by atoms with E-state index in [0.29, 0.717) is 34.6 Å². The lowest BCUT2D eigenvalue weighted by atomic mass is 10.0. The Bertz CT molecular complexity index is 1490. The van der Waals surface area contributed by atoms with E-state index in [-0.39, 0.29) is 28.2 Å². The van der Waals surface area contributed by atoms with E-state index >= 15 is 0 Å². The third-order valence-electron chi connectivity index (χ3n) is 5.65. The Hall–Kier alpha value is -4.07. The molecule has 0 spiro atoms. The summed E-state index contributed by atoms with van der Waals surface area (Å²) in [5.74, 6) is 0.864.